The lowest BCUT2D eigenvalue weighted by Gasteiger charge is -2.17. The standard InChI is InChI=1S/C16H16ClFN4OS.C2HF3O2/c1-8(6-19)23-12-5-10(18)3-4-11(12)22-15-13-9(2)14(17)24-16(13)21-7-20-15;3-2(4,5)1(6)7/h3-5,7-8H,6,19H2,1-2H3,(H,20,21,22);(H,6,7). The van der Waals surface area contributed by atoms with Crippen LogP contribution in [0.1, 0.15) is 12.5 Å². The number of carbonyl (C=O) groups is 1. The highest BCUT2D eigenvalue weighted by Gasteiger charge is 2.38. The van der Waals surface area contributed by atoms with Crippen LogP contribution in [0.5, 0.6) is 5.75 Å². The van der Waals surface area contributed by atoms with E-state index in [2.05, 4.69) is 15.3 Å². The molecule has 1 aromatic carbocycles. The summed E-state index contributed by atoms with van der Waals surface area (Å²) in [7, 11) is 0. The van der Waals surface area contributed by atoms with Crippen LogP contribution in [0.15, 0.2) is 24.5 Å². The van der Waals surface area contributed by atoms with Gasteiger partial charge in [-0.15, -0.1) is 11.3 Å². The number of aromatic nitrogens is 2. The minimum atomic E-state index is -5.08. The average Bonchev–Trinajstić information content (AvgIpc) is 2.98. The minimum absolute atomic E-state index is 0.241. The minimum Gasteiger partial charge on any atom is -0.487 e. The van der Waals surface area contributed by atoms with Crippen molar-refractivity contribution >= 4 is 50.6 Å². The van der Waals surface area contributed by atoms with E-state index >= 15 is 0 Å². The van der Waals surface area contributed by atoms with Crippen molar-refractivity contribution in [1.29, 1.82) is 0 Å². The number of aryl methyl sites for hydroxylation is 1. The van der Waals surface area contributed by atoms with E-state index in [4.69, 9.17) is 32.0 Å². The van der Waals surface area contributed by atoms with Crippen molar-refractivity contribution in [3.63, 3.8) is 0 Å². The molecule has 13 heteroatoms. The fourth-order valence-corrected chi connectivity index (χ4v) is 3.42. The Labute approximate surface area is 182 Å². The number of nitrogens with zero attached hydrogens (tertiary/aromatic N) is 2. The predicted octanol–water partition coefficient (Wildman–Crippen LogP) is 4.90. The lowest BCUT2D eigenvalue weighted by Crippen LogP contribution is -2.23. The molecular formula is C18H17ClF4N4O3S. The second kappa shape index (κ2) is 10.1. The zero-order chi connectivity index (χ0) is 23.3. The maximum Gasteiger partial charge on any atom is 0.490 e. The third-order valence-electron chi connectivity index (χ3n) is 3.77. The molecule has 0 amide bonds. The lowest BCUT2D eigenvalue weighted by atomic mass is 10.2. The summed E-state index contributed by atoms with van der Waals surface area (Å²) in [5.74, 6) is -2.17. The van der Waals surface area contributed by atoms with Gasteiger partial charge in [0.05, 0.1) is 15.4 Å². The van der Waals surface area contributed by atoms with Crippen LogP contribution in [-0.2, 0) is 4.79 Å². The highest BCUT2D eigenvalue weighted by atomic mass is 35.5. The van der Waals surface area contributed by atoms with Gasteiger partial charge in [0.15, 0.2) is 0 Å². The Kier molecular flexibility index (Phi) is 7.98. The van der Waals surface area contributed by atoms with Gasteiger partial charge in [-0.3, -0.25) is 0 Å². The van der Waals surface area contributed by atoms with Crippen molar-refractivity contribution in [2.24, 2.45) is 5.73 Å². The van der Waals surface area contributed by atoms with Gasteiger partial charge in [-0.05, 0) is 31.5 Å². The van der Waals surface area contributed by atoms with Crippen LogP contribution in [0.2, 0.25) is 4.34 Å². The number of carboxylic acids is 1. The monoisotopic (exact) mass is 480 g/mol. The molecule has 0 bridgehead atoms. The van der Waals surface area contributed by atoms with E-state index in [0.29, 0.717) is 28.1 Å². The summed E-state index contributed by atoms with van der Waals surface area (Å²) in [5, 5.41) is 11.2. The van der Waals surface area contributed by atoms with Gasteiger partial charge >= 0.3 is 12.1 Å². The third-order valence-corrected chi connectivity index (χ3v) is 5.27. The van der Waals surface area contributed by atoms with Gasteiger partial charge in [0.2, 0.25) is 0 Å². The predicted molar refractivity (Wildman–Crippen MR) is 110 cm³/mol. The van der Waals surface area contributed by atoms with Crippen molar-refractivity contribution in [3.8, 4) is 5.75 Å². The number of rotatable bonds is 5. The van der Waals surface area contributed by atoms with Crippen LogP contribution < -0.4 is 15.8 Å². The molecule has 7 nitrogen and oxygen atoms in total. The highest BCUT2D eigenvalue weighted by molar-refractivity contribution is 7.22. The maximum absolute atomic E-state index is 13.6. The molecule has 0 spiro atoms. The number of ether oxygens (including phenoxy) is 1. The SMILES string of the molecule is Cc1c(Cl)sc2ncnc(Nc3ccc(F)cc3OC(C)CN)c12.O=C(O)C(F)(F)F. The largest absolute Gasteiger partial charge is 0.490 e. The number of nitrogens with one attached hydrogen (secondary N) is 1. The molecule has 0 aliphatic rings. The zero-order valence-electron chi connectivity index (χ0n) is 16.1. The molecule has 0 saturated heterocycles. The quantitative estimate of drug-likeness (QED) is 0.446. The molecule has 3 aromatic rings. The van der Waals surface area contributed by atoms with Crippen LogP contribution in [0.25, 0.3) is 10.2 Å². The molecule has 1 atom stereocenters. The van der Waals surface area contributed by atoms with Gasteiger partial charge < -0.3 is 20.9 Å². The van der Waals surface area contributed by atoms with Crippen LogP contribution in [-0.4, -0.2) is 39.9 Å². The van der Waals surface area contributed by atoms with Crippen molar-refractivity contribution in [3.05, 3.63) is 40.2 Å². The lowest BCUT2D eigenvalue weighted by molar-refractivity contribution is -0.192. The Morgan fingerprint density at radius 1 is 1.39 bits per heavy atom. The van der Waals surface area contributed by atoms with E-state index in [1.165, 1.54) is 29.8 Å². The topological polar surface area (TPSA) is 110 Å². The molecular weight excluding hydrogens is 464 g/mol. The average molecular weight is 481 g/mol. The Morgan fingerprint density at radius 2 is 2.03 bits per heavy atom. The fourth-order valence-electron chi connectivity index (χ4n) is 2.23. The van der Waals surface area contributed by atoms with Crippen LogP contribution in [0.4, 0.5) is 29.1 Å². The Bertz CT molecular complexity index is 1080. The van der Waals surface area contributed by atoms with Gasteiger partial charge in [-0.2, -0.15) is 13.2 Å². The number of fused-ring (bicyclic) bond motifs is 1. The van der Waals surface area contributed by atoms with E-state index in [0.717, 1.165) is 15.8 Å². The first-order chi connectivity index (χ1) is 14.4. The number of nitrogens with two attached hydrogens (primary N) is 1. The molecule has 0 saturated carbocycles. The molecule has 4 N–H and O–H groups in total. The molecule has 2 heterocycles. The number of anilines is 2. The van der Waals surface area contributed by atoms with Crippen molar-refractivity contribution in [1.82, 2.24) is 9.97 Å². The molecule has 31 heavy (non-hydrogen) atoms. The number of benzene rings is 1. The third kappa shape index (κ3) is 6.39. The van der Waals surface area contributed by atoms with Crippen LogP contribution in [0, 0.1) is 12.7 Å². The van der Waals surface area contributed by atoms with E-state index < -0.39 is 12.1 Å². The van der Waals surface area contributed by atoms with E-state index in [1.54, 1.807) is 6.07 Å². The maximum atomic E-state index is 13.6. The van der Waals surface area contributed by atoms with E-state index in [1.807, 2.05) is 13.8 Å². The molecule has 0 fully saturated rings. The number of carboxylic acid groups (broad SMARTS) is 1. The summed E-state index contributed by atoms with van der Waals surface area (Å²) in [6, 6.07) is 4.28. The fraction of sp³-hybridized carbons (Fsp3) is 0.278. The van der Waals surface area contributed by atoms with Gasteiger partial charge in [0.25, 0.3) is 0 Å². The van der Waals surface area contributed by atoms with Crippen LogP contribution in [0.3, 0.4) is 0 Å². The smallest absolute Gasteiger partial charge is 0.487 e. The summed E-state index contributed by atoms with van der Waals surface area (Å²) >= 11 is 7.59. The molecule has 1 unspecified atom stereocenters. The van der Waals surface area contributed by atoms with Gasteiger partial charge in [-0.25, -0.2) is 19.2 Å². The van der Waals surface area contributed by atoms with Gasteiger partial charge in [0.1, 0.15) is 34.6 Å². The second-order valence-electron chi connectivity index (χ2n) is 6.14. The summed E-state index contributed by atoms with van der Waals surface area (Å²) in [5.41, 5.74) is 7.08. The van der Waals surface area contributed by atoms with Gasteiger partial charge in [-0.1, -0.05) is 11.6 Å². The molecule has 0 aliphatic heterocycles. The highest BCUT2D eigenvalue weighted by Crippen LogP contribution is 2.38. The summed E-state index contributed by atoms with van der Waals surface area (Å²) in [6.45, 7) is 4.06. The zero-order valence-corrected chi connectivity index (χ0v) is 17.7. The summed E-state index contributed by atoms with van der Waals surface area (Å²) < 4.78 is 51.7. The number of hydrogen-bond donors (Lipinski definition) is 3. The number of halogens is 5. The number of hydrogen-bond acceptors (Lipinski definition) is 7. The summed E-state index contributed by atoms with van der Waals surface area (Å²) in [6.07, 6.45) is -3.86. The molecule has 3 rings (SSSR count). The Balaban J connectivity index is 0.000000423. The Morgan fingerprint density at radius 3 is 2.61 bits per heavy atom. The van der Waals surface area contributed by atoms with E-state index in [9.17, 15) is 17.6 Å². The van der Waals surface area contributed by atoms with Gasteiger partial charge in [0, 0.05) is 12.6 Å². The summed E-state index contributed by atoms with van der Waals surface area (Å²) in [4.78, 5) is 18.2. The number of alkyl halides is 3. The number of thiophene rings is 1. The second-order valence-corrected chi connectivity index (χ2v) is 7.74. The van der Waals surface area contributed by atoms with E-state index in [-0.39, 0.29) is 11.9 Å². The molecule has 168 valence electrons. The van der Waals surface area contributed by atoms with Crippen molar-refractivity contribution in [2.45, 2.75) is 26.1 Å². The first kappa shape index (κ1) is 24.6. The Hall–Kier alpha value is -2.70. The van der Waals surface area contributed by atoms with Crippen molar-refractivity contribution < 1.29 is 32.2 Å². The molecule has 2 aromatic heterocycles. The molecule has 0 radical (unpaired) electrons. The molecule has 0 aliphatic carbocycles. The van der Waals surface area contributed by atoms with Crippen molar-refractivity contribution in [2.75, 3.05) is 11.9 Å². The number of aliphatic carboxylic acids is 1. The normalized spacial score (nSPS) is 12.1. The first-order valence-corrected chi connectivity index (χ1v) is 9.76. The first-order valence-electron chi connectivity index (χ1n) is 8.57. The van der Waals surface area contributed by atoms with Crippen LogP contribution >= 0.6 is 22.9 Å².